The fourth-order valence-electron chi connectivity index (χ4n) is 2.13. The number of ether oxygens (including phenoxy) is 2. The van der Waals surface area contributed by atoms with Gasteiger partial charge >= 0.3 is 0 Å². The van der Waals surface area contributed by atoms with Crippen LogP contribution in [0.2, 0.25) is 0 Å². The number of aryl methyl sites for hydroxylation is 1. The molecule has 0 atom stereocenters. The predicted octanol–water partition coefficient (Wildman–Crippen LogP) is 1.44. The third-order valence-electron chi connectivity index (χ3n) is 3.11. The smallest absolute Gasteiger partial charge is 0.220 e. The van der Waals surface area contributed by atoms with Crippen molar-refractivity contribution in [2.45, 2.75) is 38.1 Å². The lowest BCUT2D eigenvalue weighted by atomic mass is 10.0. The molecule has 0 bridgehead atoms. The van der Waals surface area contributed by atoms with Gasteiger partial charge in [0.05, 0.1) is 18.7 Å². The molecule has 17 heavy (non-hydrogen) atoms. The second kappa shape index (κ2) is 4.87. The van der Waals surface area contributed by atoms with E-state index in [9.17, 15) is 0 Å². The molecule has 1 saturated carbocycles. The predicted molar refractivity (Wildman–Crippen MR) is 64.2 cm³/mol. The largest absolute Gasteiger partial charge is 0.481 e. The van der Waals surface area contributed by atoms with Gasteiger partial charge in [0.2, 0.25) is 11.8 Å². The monoisotopic (exact) mass is 237 g/mol. The highest BCUT2D eigenvalue weighted by Crippen LogP contribution is 2.28. The van der Waals surface area contributed by atoms with Gasteiger partial charge in [0, 0.05) is 0 Å². The van der Waals surface area contributed by atoms with Gasteiger partial charge in [0.1, 0.15) is 12.4 Å². The second-order valence-corrected chi connectivity index (χ2v) is 4.65. The Morgan fingerprint density at radius 3 is 2.59 bits per heavy atom. The molecule has 0 aromatic carbocycles. The maximum Gasteiger partial charge on any atom is 0.220 e. The summed E-state index contributed by atoms with van der Waals surface area (Å²) in [6.07, 6.45) is 4.42. The first-order valence-electron chi connectivity index (χ1n) is 5.93. The van der Waals surface area contributed by atoms with Crippen molar-refractivity contribution in [3.05, 3.63) is 11.9 Å². The summed E-state index contributed by atoms with van der Waals surface area (Å²) < 4.78 is 10.7. The second-order valence-electron chi connectivity index (χ2n) is 4.65. The number of hydrogen-bond donors (Lipinski definition) is 1. The minimum absolute atomic E-state index is 0.188. The van der Waals surface area contributed by atoms with E-state index >= 15 is 0 Å². The first-order valence-corrected chi connectivity index (χ1v) is 5.93. The van der Waals surface area contributed by atoms with Crippen molar-refractivity contribution in [2.24, 2.45) is 5.73 Å². The summed E-state index contributed by atoms with van der Waals surface area (Å²) in [6.45, 7) is 2.32. The van der Waals surface area contributed by atoms with Crippen molar-refractivity contribution in [1.29, 1.82) is 0 Å². The fourth-order valence-corrected chi connectivity index (χ4v) is 2.13. The molecule has 0 radical (unpaired) electrons. The molecule has 0 aliphatic heterocycles. The summed E-state index contributed by atoms with van der Waals surface area (Å²) >= 11 is 0. The Kier molecular flexibility index (Phi) is 3.47. The molecule has 2 N–H and O–H groups in total. The standard InChI is InChI=1S/C12H19N3O2/c1-9-14-10(16-2)7-11(15-9)17-8-12(13)5-3-4-6-12/h7H,3-6,8,13H2,1-2H3. The quantitative estimate of drug-likeness (QED) is 0.858. The zero-order valence-electron chi connectivity index (χ0n) is 10.4. The van der Waals surface area contributed by atoms with Crippen molar-refractivity contribution >= 4 is 0 Å². The molecule has 94 valence electrons. The van der Waals surface area contributed by atoms with Crippen molar-refractivity contribution < 1.29 is 9.47 Å². The van der Waals surface area contributed by atoms with E-state index in [2.05, 4.69) is 9.97 Å². The van der Waals surface area contributed by atoms with Crippen LogP contribution < -0.4 is 15.2 Å². The Labute approximate surface area is 101 Å². The Bertz CT molecular complexity index is 389. The Morgan fingerprint density at radius 2 is 1.94 bits per heavy atom. The molecule has 0 amide bonds. The molecule has 1 aromatic rings. The maximum atomic E-state index is 6.22. The van der Waals surface area contributed by atoms with E-state index in [4.69, 9.17) is 15.2 Å². The summed E-state index contributed by atoms with van der Waals surface area (Å²) in [5, 5.41) is 0. The molecule has 0 spiro atoms. The van der Waals surface area contributed by atoms with E-state index in [1.54, 1.807) is 13.2 Å². The third kappa shape index (κ3) is 3.06. The molecule has 2 rings (SSSR count). The highest BCUT2D eigenvalue weighted by atomic mass is 16.5. The molecule has 0 unspecified atom stereocenters. The summed E-state index contributed by atoms with van der Waals surface area (Å²) in [7, 11) is 1.58. The highest BCUT2D eigenvalue weighted by Gasteiger charge is 2.30. The first kappa shape index (κ1) is 12.1. The van der Waals surface area contributed by atoms with E-state index in [0.29, 0.717) is 24.2 Å². The van der Waals surface area contributed by atoms with Gasteiger partial charge in [-0.25, -0.2) is 0 Å². The molecular formula is C12H19N3O2. The van der Waals surface area contributed by atoms with E-state index in [-0.39, 0.29) is 5.54 Å². The minimum Gasteiger partial charge on any atom is -0.481 e. The van der Waals surface area contributed by atoms with Crippen LogP contribution in [0.5, 0.6) is 11.8 Å². The number of aromatic nitrogens is 2. The van der Waals surface area contributed by atoms with Crippen molar-refractivity contribution in [3.8, 4) is 11.8 Å². The van der Waals surface area contributed by atoms with Crippen LogP contribution in [0.4, 0.5) is 0 Å². The number of nitrogens with zero attached hydrogens (tertiary/aromatic N) is 2. The van der Waals surface area contributed by atoms with E-state index in [0.717, 1.165) is 12.8 Å². The van der Waals surface area contributed by atoms with Gasteiger partial charge in [-0.2, -0.15) is 9.97 Å². The van der Waals surface area contributed by atoms with Gasteiger partial charge in [-0.15, -0.1) is 0 Å². The Balaban J connectivity index is 2.00. The molecule has 0 saturated heterocycles. The summed E-state index contributed by atoms with van der Waals surface area (Å²) in [5.41, 5.74) is 6.03. The summed E-state index contributed by atoms with van der Waals surface area (Å²) in [6, 6.07) is 1.69. The van der Waals surface area contributed by atoms with Gasteiger partial charge < -0.3 is 15.2 Å². The van der Waals surface area contributed by atoms with Crippen LogP contribution in [-0.2, 0) is 0 Å². The Morgan fingerprint density at radius 1 is 1.29 bits per heavy atom. The van der Waals surface area contributed by atoms with Crippen LogP contribution in [-0.4, -0.2) is 29.2 Å². The van der Waals surface area contributed by atoms with Crippen molar-refractivity contribution in [2.75, 3.05) is 13.7 Å². The van der Waals surface area contributed by atoms with Crippen molar-refractivity contribution in [3.63, 3.8) is 0 Å². The highest BCUT2D eigenvalue weighted by molar-refractivity contribution is 5.20. The zero-order valence-corrected chi connectivity index (χ0v) is 10.4. The van der Waals surface area contributed by atoms with Gasteiger partial charge in [0.25, 0.3) is 0 Å². The van der Waals surface area contributed by atoms with Crippen LogP contribution >= 0.6 is 0 Å². The first-order chi connectivity index (χ1) is 8.11. The molecule has 1 fully saturated rings. The molecule has 5 nitrogen and oxygen atoms in total. The fraction of sp³-hybridized carbons (Fsp3) is 0.667. The van der Waals surface area contributed by atoms with E-state index < -0.39 is 0 Å². The summed E-state index contributed by atoms with van der Waals surface area (Å²) in [4.78, 5) is 8.31. The van der Waals surface area contributed by atoms with E-state index in [1.165, 1.54) is 12.8 Å². The maximum absolute atomic E-state index is 6.22. The molecule has 1 aliphatic carbocycles. The average molecular weight is 237 g/mol. The number of nitrogens with two attached hydrogens (primary N) is 1. The molecule has 5 heteroatoms. The molecule has 1 heterocycles. The lowest BCUT2D eigenvalue weighted by Gasteiger charge is -2.23. The van der Waals surface area contributed by atoms with Gasteiger partial charge in [-0.1, -0.05) is 12.8 Å². The van der Waals surface area contributed by atoms with Gasteiger partial charge in [-0.3, -0.25) is 0 Å². The van der Waals surface area contributed by atoms with Crippen LogP contribution in [0.3, 0.4) is 0 Å². The van der Waals surface area contributed by atoms with Gasteiger partial charge in [-0.05, 0) is 19.8 Å². The average Bonchev–Trinajstić information content (AvgIpc) is 2.73. The van der Waals surface area contributed by atoms with Crippen molar-refractivity contribution in [1.82, 2.24) is 9.97 Å². The molecule has 1 aliphatic rings. The van der Waals surface area contributed by atoms with Gasteiger partial charge in [0.15, 0.2) is 0 Å². The van der Waals surface area contributed by atoms with E-state index in [1.807, 2.05) is 6.92 Å². The topological polar surface area (TPSA) is 70.3 Å². The number of hydrogen-bond acceptors (Lipinski definition) is 5. The lowest BCUT2D eigenvalue weighted by molar-refractivity contribution is 0.211. The van der Waals surface area contributed by atoms with Crippen LogP contribution in [0.1, 0.15) is 31.5 Å². The normalized spacial score (nSPS) is 18.1. The zero-order chi connectivity index (χ0) is 12.3. The lowest BCUT2D eigenvalue weighted by Crippen LogP contribution is -2.42. The number of rotatable bonds is 4. The summed E-state index contributed by atoms with van der Waals surface area (Å²) in [5.74, 6) is 1.69. The number of methoxy groups -OCH3 is 1. The third-order valence-corrected chi connectivity index (χ3v) is 3.11. The van der Waals surface area contributed by atoms with Crippen LogP contribution in [0, 0.1) is 6.92 Å². The molecular weight excluding hydrogens is 218 g/mol. The Hall–Kier alpha value is -1.36. The SMILES string of the molecule is COc1cc(OCC2(N)CCCC2)nc(C)n1. The molecule has 1 aromatic heterocycles. The van der Waals surface area contributed by atoms with Crippen LogP contribution in [0.25, 0.3) is 0 Å². The minimum atomic E-state index is -0.188. The van der Waals surface area contributed by atoms with Crippen LogP contribution in [0.15, 0.2) is 6.07 Å².